The predicted octanol–water partition coefficient (Wildman–Crippen LogP) is 4.45. The van der Waals surface area contributed by atoms with Crippen molar-refractivity contribution in [3.63, 3.8) is 0 Å². The summed E-state index contributed by atoms with van der Waals surface area (Å²) in [4.78, 5) is 3.22. The molecule has 2 nitrogen and oxygen atoms in total. The van der Waals surface area contributed by atoms with E-state index in [2.05, 4.69) is 64.2 Å². The Morgan fingerprint density at radius 2 is 1.65 bits per heavy atom. The van der Waals surface area contributed by atoms with Gasteiger partial charge >= 0.3 is 0 Å². The molecule has 1 aliphatic rings. The Morgan fingerprint density at radius 1 is 1.18 bits per heavy atom. The van der Waals surface area contributed by atoms with E-state index >= 15 is 0 Å². The molecule has 1 N–H and O–H groups in total. The maximum Gasteiger partial charge on any atom is 0.177 e. The number of H-pyrrole nitrogens is 1. The third kappa shape index (κ3) is 1.62. The van der Waals surface area contributed by atoms with Gasteiger partial charge in [0.25, 0.3) is 0 Å². The molecular weight excluding hydrogens is 228 g/mol. The summed E-state index contributed by atoms with van der Waals surface area (Å²) in [7, 11) is 0. The zero-order valence-electron chi connectivity index (χ0n) is 12.0. The van der Waals surface area contributed by atoms with E-state index in [0.29, 0.717) is 16.9 Å². The second-order valence-electron chi connectivity index (χ2n) is 7.44. The molecule has 0 unspecified atom stereocenters. The highest BCUT2D eigenvalue weighted by Gasteiger charge is 2.66. The van der Waals surface area contributed by atoms with E-state index in [4.69, 9.17) is 12.2 Å². The van der Waals surface area contributed by atoms with Crippen LogP contribution in [0.4, 0.5) is 0 Å². The van der Waals surface area contributed by atoms with Gasteiger partial charge in [-0.15, -0.1) is 0 Å². The minimum Gasteiger partial charge on any atom is -0.337 e. The fourth-order valence-corrected chi connectivity index (χ4v) is 3.28. The summed E-state index contributed by atoms with van der Waals surface area (Å²) in [5, 5.41) is 0. The van der Waals surface area contributed by atoms with E-state index < -0.39 is 0 Å². The van der Waals surface area contributed by atoms with Gasteiger partial charge in [0, 0.05) is 23.3 Å². The van der Waals surface area contributed by atoms with Gasteiger partial charge in [0.05, 0.1) is 0 Å². The Balaban J connectivity index is 2.56. The molecule has 0 aromatic carbocycles. The molecule has 0 amide bonds. The van der Waals surface area contributed by atoms with Gasteiger partial charge < -0.3 is 9.55 Å². The molecule has 96 valence electrons. The molecule has 1 fully saturated rings. The summed E-state index contributed by atoms with van der Waals surface area (Å²) in [5.74, 6) is 0. The number of hydrogen-bond acceptors (Lipinski definition) is 1. The molecule has 3 heteroatoms. The van der Waals surface area contributed by atoms with Crippen molar-refractivity contribution in [3.05, 3.63) is 16.7 Å². The first-order valence-corrected chi connectivity index (χ1v) is 6.72. The summed E-state index contributed by atoms with van der Waals surface area (Å²) < 4.78 is 3.20. The molecule has 1 aromatic rings. The summed E-state index contributed by atoms with van der Waals surface area (Å²) in [5.41, 5.74) is 2.06. The first-order chi connectivity index (χ1) is 7.51. The maximum absolute atomic E-state index is 5.47. The van der Waals surface area contributed by atoms with Crippen LogP contribution in [0.3, 0.4) is 0 Å². The first-order valence-electron chi connectivity index (χ1n) is 6.31. The third-order valence-electron chi connectivity index (χ3n) is 4.78. The second kappa shape index (κ2) is 3.25. The van der Waals surface area contributed by atoms with Gasteiger partial charge in [-0.3, -0.25) is 0 Å². The van der Waals surface area contributed by atoms with Crippen LogP contribution in [0.5, 0.6) is 0 Å². The van der Waals surface area contributed by atoms with Crippen molar-refractivity contribution >= 4 is 12.2 Å². The van der Waals surface area contributed by atoms with E-state index in [1.165, 1.54) is 5.69 Å². The monoisotopic (exact) mass is 252 g/mol. The molecule has 0 aliphatic heterocycles. The van der Waals surface area contributed by atoms with Crippen molar-refractivity contribution in [2.75, 3.05) is 0 Å². The minimum atomic E-state index is 0.127. The van der Waals surface area contributed by atoms with Crippen molar-refractivity contribution in [3.8, 4) is 0 Å². The number of aromatic nitrogens is 2. The average Bonchev–Trinajstić information content (AvgIpc) is 2.42. The molecule has 0 atom stereocenters. The second-order valence-corrected chi connectivity index (χ2v) is 7.83. The number of nitrogens with one attached hydrogen (secondary N) is 1. The Labute approximate surface area is 109 Å². The Bertz CT molecular complexity index is 483. The van der Waals surface area contributed by atoms with Gasteiger partial charge in [0.1, 0.15) is 0 Å². The largest absolute Gasteiger partial charge is 0.337 e. The van der Waals surface area contributed by atoms with E-state index in [9.17, 15) is 0 Å². The quantitative estimate of drug-likeness (QED) is 0.732. The number of rotatable bonds is 1. The van der Waals surface area contributed by atoms with E-state index in [1.54, 1.807) is 0 Å². The Kier molecular flexibility index (Phi) is 2.46. The van der Waals surface area contributed by atoms with Gasteiger partial charge in [-0.2, -0.15) is 0 Å². The zero-order chi connectivity index (χ0) is 13.2. The molecule has 1 heterocycles. The molecule has 1 saturated carbocycles. The van der Waals surface area contributed by atoms with Gasteiger partial charge in [0.2, 0.25) is 0 Å². The standard InChI is InChI=1S/C14H24N2S/c1-12(2,3)9-8-15-11(17)16(9)10-13(4,5)14(10,6)7/h8,10H,1-7H3,(H,15,17). The highest BCUT2D eigenvalue weighted by molar-refractivity contribution is 7.71. The lowest BCUT2D eigenvalue weighted by molar-refractivity contribution is 0.457. The zero-order valence-corrected chi connectivity index (χ0v) is 12.8. The lowest BCUT2D eigenvalue weighted by Crippen LogP contribution is -2.18. The number of nitrogens with zero attached hydrogens (tertiary/aromatic N) is 1. The highest BCUT2D eigenvalue weighted by atomic mass is 32.1. The van der Waals surface area contributed by atoms with Crippen LogP contribution in [0.25, 0.3) is 0 Å². The van der Waals surface area contributed by atoms with Crippen LogP contribution in [0, 0.1) is 15.6 Å². The van der Waals surface area contributed by atoms with Crippen molar-refractivity contribution in [1.29, 1.82) is 0 Å². The van der Waals surface area contributed by atoms with Gasteiger partial charge in [0.15, 0.2) is 4.77 Å². The first kappa shape index (κ1) is 12.9. The van der Waals surface area contributed by atoms with Gasteiger partial charge in [-0.1, -0.05) is 48.5 Å². The van der Waals surface area contributed by atoms with Gasteiger partial charge in [-0.25, -0.2) is 0 Å². The minimum absolute atomic E-state index is 0.127. The molecule has 2 rings (SSSR count). The SMILES string of the molecule is CC(C)(C)c1c[nH]c(=S)n1C1C(C)(C)C1(C)C. The lowest BCUT2D eigenvalue weighted by Gasteiger charge is -2.22. The normalized spacial score (nSPS) is 22.8. The Hall–Kier alpha value is -0.570. The predicted molar refractivity (Wildman–Crippen MR) is 74.9 cm³/mol. The number of imidazole rings is 1. The van der Waals surface area contributed by atoms with Crippen molar-refractivity contribution in [2.24, 2.45) is 10.8 Å². The van der Waals surface area contributed by atoms with Crippen LogP contribution in [-0.2, 0) is 5.41 Å². The number of hydrogen-bond donors (Lipinski definition) is 1. The maximum atomic E-state index is 5.47. The molecule has 17 heavy (non-hydrogen) atoms. The molecule has 0 saturated heterocycles. The van der Waals surface area contributed by atoms with Crippen molar-refractivity contribution < 1.29 is 0 Å². The fourth-order valence-electron chi connectivity index (χ4n) is 3.02. The van der Waals surface area contributed by atoms with Gasteiger partial charge in [-0.05, 0) is 23.0 Å². The van der Waals surface area contributed by atoms with Crippen molar-refractivity contribution in [2.45, 2.75) is 59.9 Å². The van der Waals surface area contributed by atoms with E-state index in [1.807, 2.05) is 0 Å². The smallest absolute Gasteiger partial charge is 0.177 e. The van der Waals surface area contributed by atoms with Crippen LogP contribution in [0.15, 0.2) is 6.20 Å². The van der Waals surface area contributed by atoms with Crippen LogP contribution < -0.4 is 0 Å². The fraction of sp³-hybridized carbons (Fsp3) is 0.786. The third-order valence-corrected chi connectivity index (χ3v) is 5.10. The average molecular weight is 252 g/mol. The number of aromatic amines is 1. The van der Waals surface area contributed by atoms with E-state index in [0.717, 1.165) is 4.77 Å². The summed E-state index contributed by atoms with van der Waals surface area (Å²) in [6.07, 6.45) is 2.08. The van der Waals surface area contributed by atoms with E-state index in [-0.39, 0.29) is 5.41 Å². The molecule has 0 radical (unpaired) electrons. The highest BCUT2D eigenvalue weighted by Crippen LogP contribution is 2.71. The summed E-state index contributed by atoms with van der Waals surface area (Å²) >= 11 is 5.47. The lowest BCUT2D eigenvalue weighted by atomic mass is 9.92. The summed E-state index contributed by atoms with van der Waals surface area (Å²) in [6.45, 7) is 16.0. The van der Waals surface area contributed by atoms with Crippen LogP contribution >= 0.6 is 12.2 Å². The van der Waals surface area contributed by atoms with Crippen LogP contribution in [-0.4, -0.2) is 9.55 Å². The topological polar surface area (TPSA) is 20.7 Å². The van der Waals surface area contributed by atoms with Crippen molar-refractivity contribution in [1.82, 2.24) is 9.55 Å². The van der Waals surface area contributed by atoms with Crippen LogP contribution in [0.1, 0.15) is 60.2 Å². The molecule has 1 aromatic heterocycles. The molecular formula is C14H24N2S. The molecule has 0 bridgehead atoms. The molecule has 1 aliphatic carbocycles. The Morgan fingerprint density at radius 3 is 2.00 bits per heavy atom. The van der Waals surface area contributed by atoms with Crippen LogP contribution in [0.2, 0.25) is 0 Å². The molecule has 0 spiro atoms. The summed E-state index contributed by atoms with van der Waals surface area (Å²) in [6, 6.07) is 0.503.